The van der Waals surface area contributed by atoms with Gasteiger partial charge in [-0.25, -0.2) is 4.39 Å². The van der Waals surface area contributed by atoms with Gasteiger partial charge in [-0.15, -0.1) is 10.2 Å². The summed E-state index contributed by atoms with van der Waals surface area (Å²) < 4.78 is 12.6. The smallest absolute Gasteiger partial charge is 0.193 e. The maximum Gasteiger partial charge on any atom is 0.193 e. The van der Waals surface area contributed by atoms with Gasteiger partial charge >= 0.3 is 0 Å². The van der Waals surface area contributed by atoms with Crippen molar-refractivity contribution in [1.29, 1.82) is 0 Å². The SMILES string of the molecule is Cn1nnc(CNc2ccc(F)cc2)n1. The zero-order chi connectivity index (χ0) is 10.7. The first-order chi connectivity index (χ1) is 7.24. The topological polar surface area (TPSA) is 55.6 Å². The van der Waals surface area contributed by atoms with E-state index in [4.69, 9.17) is 0 Å². The summed E-state index contributed by atoms with van der Waals surface area (Å²) in [6.07, 6.45) is 0. The molecule has 1 aromatic heterocycles. The molecule has 0 saturated heterocycles. The number of benzene rings is 1. The molecule has 0 aliphatic heterocycles. The molecule has 0 unspecified atom stereocenters. The van der Waals surface area contributed by atoms with E-state index in [0.29, 0.717) is 12.4 Å². The first-order valence-corrected chi connectivity index (χ1v) is 4.46. The van der Waals surface area contributed by atoms with E-state index in [-0.39, 0.29) is 5.82 Å². The van der Waals surface area contributed by atoms with E-state index in [1.165, 1.54) is 16.9 Å². The zero-order valence-electron chi connectivity index (χ0n) is 8.18. The standard InChI is InChI=1S/C9H10FN5/c1-15-13-9(12-14-15)6-11-8-4-2-7(10)3-5-8/h2-5,11H,6H2,1H3. The molecule has 1 heterocycles. The Morgan fingerprint density at radius 3 is 2.67 bits per heavy atom. The van der Waals surface area contributed by atoms with Crippen molar-refractivity contribution in [3.05, 3.63) is 35.9 Å². The molecular formula is C9H10FN5. The van der Waals surface area contributed by atoms with Gasteiger partial charge in [0.1, 0.15) is 5.82 Å². The summed E-state index contributed by atoms with van der Waals surface area (Å²) in [5.74, 6) is 0.347. The van der Waals surface area contributed by atoms with Crippen LogP contribution in [0.1, 0.15) is 5.82 Å². The molecule has 0 bridgehead atoms. The average Bonchev–Trinajstić information content (AvgIpc) is 2.64. The summed E-state index contributed by atoms with van der Waals surface area (Å²) in [7, 11) is 1.70. The number of nitrogens with one attached hydrogen (secondary N) is 1. The third kappa shape index (κ3) is 2.49. The number of nitrogens with zero attached hydrogens (tertiary/aromatic N) is 4. The Hall–Kier alpha value is -1.98. The van der Waals surface area contributed by atoms with Crippen LogP contribution in [0.25, 0.3) is 0 Å². The second-order valence-electron chi connectivity index (χ2n) is 3.06. The van der Waals surface area contributed by atoms with Gasteiger partial charge in [-0.05, 0) is 29.5 Å². The van der Waals surface area contributed by atoms with Crippen LogP contribution in [0, 0.1) is 5.82 Å². The Bertz CT molecular complexity index is 436. The molecule has 0 amide bonds. The molecule has 2 rings (SSSR count). The molecule has 6 heteroatoms. The number of aromatic nitrogens is 4. The van der Waals surface area contributed by atoms with Crippen molar-refractivity contribution in [3.8, 4) is 0 Å². The lowest BCUT2D eigenvalue weighted by molar-refractivity contribution is 0.627. The average molecular weight is 207 g/mol. The van der Waals surface area contributed by atoms with Crippen LogP contribution in [0.5, 0.6) is 0 Å². The summed E-state index contributed by atoms with van der Waals surface area (Å²) in [5, 5.41) is 14.6. The van der Waals surface area contributed by atoms with Crippen molar-refractivity contribution in [3.63, 3.8) is 0 Å². The minimum absolute atomic E-state index is 0.252. The highest BCUT2D eigenvalue weighted by Gasteiger charge is 1.99. The summed E-state index contributed by atoms with van der Waals surface area (Å²) in [4.78, 5) is 1.39. The largest absolute Gasteiger partial charge is 0.378 e. The third-order valence-corrected chi connectivity index (χ3v) is 1.84. The number of hydrogen-bond donors (Lipinski definition) is 1. The summed E-state index contributed by atoms with van der Waals surface area (Å²) >= 11 is 0. The molecule has 0 fully saturated rings. The van der Waals surface area contributed by atoms with E-state index in [1.54, 1.807) is 19.2 Å². The Kier molecular flexibility index (Phi) is 2.57. The van der Waals surface area contributed by atoms with E-state index in [9.17, 15) is 4.39 Å². The third-order valence-electron chi connectivity index (χ3n) is 1.84. The zero-order valence-corrected chi connectivity index (χ0v) is 8.18. The first kappa shape index (κ1) is 9.57. The fraction of sp³-hybridized carbons (Fsp3) is 0.222. The fourth-order valence-corrected chi connectivity index (χ4v) is 1.14. The van der Waals surface area contributed by atoms with Gasteiger partial charge < -0.3 is 5.32 Å². The van der Waals surface area contributed by atoms with Crippen LogP contribution in [0.15, 0.2) is 24.3 Å². The maximum atomic E-state index is 12.6. The van der Waals surface area contributed by atoms with E-state index in [0.717, 1.165) is 5.69 Å². The fourth-order valence-electron chi connectivity index (χ4n) is 1.14. The highest BCUT2D eigenvalue weighted by atomic mass is 19.1. The van der Waals surface area contributed by atoms with Crippen LogP contribution in [0.3, 0.4) is 0 Å². The molecule has 0 saturated carbocycles. The molecule has 1 aromatic carbocycles. The van der Waals surface area contributed by atoms with E-state index < -0.39 is 0 Å². The van der Waals surface area contributed by atoms with Crippen molar-refractivity contribution >= 4 is 5.69 Å². The molecule has 1 N–H and O–H groups in total. The summed E-state index contributed by atoms with van der Waals surface area (Å²) in [6.45, 7) is 0.472. The lowest BCUT2D eigenvalue weighted by Crippen LogP contribution is -2.02. The predicted molar refractivity (Wildman–Crippen MR) is 52.5 cm³/mol. The molecule has 2 aromatic rings. The second kappa shape index (κ2) is 4.04. The van der Waals surface area contributed by atoms with Crippen LogP contribution < -0.4 is 5.32 Å². The maximum absolute atomic E-state index is 12.6. The van der Waals surface area contributed by atoms with Gasteiger partial charge in [-0.1, -0.05) is 0 Å². The van der Waals surface area contributed by atoms with Gasteiger partial charge in [0.2, 0.25) is 0 Å². The van der Waals surface area contributed by atoms with Crippen LogP contribution in [-0.2, 0) is 13.6 Å². The summed E-state index contributed by atoms with van der Waals surface area (Å²) in [5.41, 5.74) is 0.823. The Morgan fingerprint density at radius 2 is 2.07 bits per heavy atom. The normalized spacial score (nSPS) is 10.3. The van der Waals surface area contributed by atoms with Crippen LogP contribution in [0.4, 0.5) is 10.1 Å². The van der Waals surface area contributed by atoms with Crippen LogP contribution in [-0.4, -0.2) is 20.2 Å². The number of aryl methyl sites for hydroxylation is 1. The molecule has 5 nitrogen and oxygen atoms in total. The Labute approximate surface area is 85.9 Å². The van der Waals surface area contributed by atoms with Crippen molar-refractivity contribution in [1.82, 2.24) is 20.2 Å². The Morgan fingerprint density at radius 1 is 1.33 bits per heavy atom. The molecule has 0 aliphatic carbocycles. The van der Waals surface area contributed by atoms with Crippen molar-refractivity contribution in [2.75, 3.05) is 5.32 Å². The monoisotopic (exact) mass is 207 g/mol. The van der Waals surface area contributed by atoms with Gasteiger partial charge in [0.25, 0.3) is 0 Å². The first-order valence-electron chi connectivity index (χ1n) is 4.46. The lowest BCUT2D eigenvalue weighted by atomic mass is 10.3. The molecular weight excluding hydrogens is 197 g/mol. The van der Waals surface area contributed by atoms with Gasteiger partial charge in [-0.3, -0.25) is 0 Å². The van der Waals surface area contributed by atoms with Gasteiger partial charge in [0.15, 0.2) is 5.82 Å². The number of rotatable bonds is 3. The highest BCUT2D eigenvalue weighted by molar-refractivity contribution is 5.42. The molecule has 0 aliphatic rings. The van der Waals surface area contributed by atoms with E-state index in [2.05, 4.69) is 20.7 Å². The van der Waals surface area contributed by atoms with Crippen LogP contribution in [0.2, 0.25) is 0 Å². The van der Waals surface area contributed by atoms with Gasteiger partial charge in [0, 0.05) is 5.69 Å². The quantitative estimate of drug-likeness (QED) is 0.814. The van der Waals surface area contributed by atoms with Crippen molar-refractivity contribution in [2.45, 2.75) is 6.54 Å². The summed E-state index contributed by atoms with van der Waals surface area (Å²) in [6, 6.07) is 6.11. The minimum atomic E-state index is -0.252. The molecule has 0 atom stereocenters. The van der Waals surface area contributed by atoms with Crippen molar-refractivity contribution in [2.24, 2.45) is 7.05 Å². The molecule has 0 radical (unpaired) electrons. The molecule has 78 valence electrons. The van der Waals surface area contributed by atoms with E-state index >= 15 is 0 Å². The second-order valence-corrected chi connectivity index (χ2v) is 3.06. The molecule has 15 heavy (non-hydrogen) atoms. The van der Waals surface area contributed by atoms with Crippen molar-refractivity contribution < 1.29 is 4.39 Å². The van der Waals surface area contributed by atoms with Gasteiger partial charge in [0.05, 0.1) is 13.6 Å². The minimum Gasteiger partial charge on any atom is -0.378 e. The van der Waals surface area contributed by atoms with Gasteiger partial charge in [-0.2, -0.15) is 4.80 Å². The lowest BCUT2D eigenvalue weighted by Gasteiger charge is -2.02. The number of anilines is 1. The highest BCUT2D eigenvalue weighted by Crippen LogP contribution is 2.08. The number of hydrogen-bond acceptors (Lipinski definition) is 4. The van der Waals surface area contributed by atoms with E-state index in [1.807, 2.05) is 0 Å². The number of halogens is 1. The number of tetrazole rings is 1. The molecule has 0 spiro atoms. The predicted octanol–water partition coefficient (Wildman–Crippen LogP) is 0.961. The van der Waals surface area contributed by atoms with Crippen LogP contribution >= 0.6 is 0 Å². The Balaban J connectivity index is 1.96.